The highest BCUT2D eigenvalue weighted by molar-refractivity contribution is 6.04. The Morgan fingerprint density at radius 1 is 0.756 bits per heavy atom. The van der Waals surface area contributed by atoms with E-state index in [1.54, 1.807) is 7.11 Å². The summed E-state index contributed by atoms with van der Waals surface area (Å²) in [5, 5.41) is 0. The van der Waals surface area contributed by atoms with Crippen LogP contribution in [0, 0.1) is 6.92 Å². The van der Waals surface area contributed by atoms with Gasteiger partial charge in [0.25, 0.3) is 0 Å². The second-order valence-electron chi connectivity index (χ2n) is 13.1. The van der Waals surface area contributed by atoms with Crippen LogP contribution in [0.3, 0.4) is 0 Å². The third-order valence-electron chi connectivity index (χ3n) is 9.12. The summed E-state index contributed by atoms with van der Waals surface area (Å²) in [5.74, 6) is -0.239. The molecular formula is C36H46N4O5. The van der Waals surface area contributed by atoms with Gasteiger partial charge in [0.1, 0.15) is 0 Å². The van der Waals surface area contributed by atoms with Gasteiger partial charge in [0.05, 0.1) is 48.2 Å². The second-order valence-corrected chi connectivity index (χ2v) is 13.1. The van der Waals surface area contributed by atoms with Crippen LogP contribution < -0.4 is 4.74 Å². The minimum Gasteiger partial charge on any atom is -0.493 e. The molecule has 2 aliphatic rings. The average Bonchev–Trinajstić information content (AvgIpc) is 3.69. The molecule has 240 valence electrons. The first-order chi connectivity index (χ1) is 21.3. The van der Waals surface area contributed by atoms with E-state index in [1.165, 1.54) is 0 Å². The molecule has 2 N–H and O–H groups in total. The molecule has 0 fully saturated rings. The van der Waals surface area contributed by atoms with Crippen molar-refractivity contribution in [1.82, 2.24) is 19.9 Å². The first-order valence-corrected chi connectivity index (χ1v) is 16.0. The number of aromatic nitrogens is 4. The van der Waals surface area contributed by atoms with Gasteiger partial charge in [-0.15, -0.1) is 0 Å². The standard InChI is InChI=1S/C36H46N4O5/c1-11-20-22-15-27-36(8,9)18-25(38-27)32(43-10)31-29(34(42)45-14-4)21(12-2)23(40-31)16-26-35(6,7)17-24(37-26)19(5)30(39-22)28(20)33(41)44-13-3/h15-16,39-40H,11-14,17-18H2,1-10H3. The van der Waals surface area contributed by atoms with E-state index in [2.05, 4.69) is 37.7 Å². The SMILES string of the molecule is CCOC(=O)c1c(CC)c2cc3nc(c(OC)c4[nH]c(cc5nc(c(C)c1[nH]2)CC5(C)C)c(CC)c4C(=O)OCC)CC3(C)C. The topological polar surface area (TPSA) is 119 Å². The fraction of sp³-hybridized carbons (Fsp3) is 0.500. The number of carbonyl (C=O) groups is 2. The number of fused-ring (bicyclic) bond motifs is 8. The number of aryl methyl sites for hydroxylation is 3. The molecule has 3 aromatic rings. The molecule has 5 rings (SSSR count). The maximum absolute atomic E-state index is 13.5. The summed E-state index contributed by atoms with van der Waals surface area (Å²) in [4.78, 5) is 44.4. The number of H-pyrrole nitrogens is 2. The predicted octanol–water partition coefficient (Wildman–Crippen LogP) is 7.15. The molecule has 9 nitrogen and oxygen atoms in total. The first kappa shape index (κ1) is 32.3. The quantitative estimate of drug-likeness (QED) is 0.271. The number of nitrogens with one attached hydrogen (secondary N) is 2. The minimum absolute atomic E-state index is 0.257. The molecular weight excluding hydrogens is 568 g/mol. The van der Waals surface area contributed by atoms with Crippen LogP contribution in [0.4, 0.5) is 0 Å². The zero-order valence-electron chi connectivity index (χ0n) is 28.3. The molecule has 0 atom stereocenters. The van der Waals surface area contributed by atoms with Crippen LogP contribution in [0.5, 0.6) is 5.75 Å². The second kappa shape index (κ2) is 12.0. The van der Waals surface area contributed by atoms with Crippen LogP contribution in [0.15, 0.2) is 12.1 Å². The first-order valence-electron chi connectivity index (χ1n) is 16.0. The molecule has 9 heteroatoms. The van der Waals surface area contributed by atoms with Gasteiger partial charge in [-0.2, -0.15) is 0 Å². The number of aromatic amines is 2. The lowest BCUT2D eigenvalue weighted by Crippen LogP contribution is -2.15. The molecule has 8 bridgehead atoms. The van der Waals surface area contributed by atoms with Crippen molar-refractivity contribution in [2.24, 2.45) is 0 Å². The van der Waals surface area contributed by atoms with Crippen LogP contribution in [-0.2, 0) is 46.0 Å². The molecule has 0 spiro atoms. The Morgan fingerprint density at radius 3 is 1.67 bits per heavy atom. The van der Waals surface area contributed by atoms with E-state index in [0.717, 1.165) is 56.0 Å². The highest BCUT2D eigenvalue weighted by Crippen LogP contribution is 2.40. The van der Waals surface area contributed by atoms with Gasteiger partial charge in [-0.05, 0) is 62.4 Å². The van der Waals surface area contributed by atoms with Gasteiger partial charge in [0.2, 0.25) is 0 Å². The van der Waals surface area contributed by atoms with Crippen molar-refractivity contribution in [1.29, 1.82) is 0 Å². The zero-order chi connectivity index (χ0) is 32.8. The highest BCUT2D eigenvalue weighted by atomic mass is 16.5. The average molecular weight is 615 g/mol. The van der Waals surface area contributed by atoms with E-state index in [0.29, 0.717) is 48.1 Å². The lowest BCUT2D eigenvalue weighted by atomic mass is 9.86. The molecule has 3 aromatic heterocycles. The van der Waals surface area contributed by atoms with E-state index >= 15 is 0 Å². The Bertz CT molecular complexity index is 1840. The van der Waals surface area contributed by atoms with Crippen molar-refractivity contribution >= 4 is 34.0 Å². The van der Waals surface area contributed by atoms with E-state index in [1.807, 2.05) is 46.8 Å². The summed E-state index contributed by atoms with van der Waals surface area (Å²) in [6, 6.07) is 4.08. The predicted molar refractivity (Wildman–Crippen MR) is 176 cm³/mol. The number of ether oxygens (including phenoxy) is 3. The van der Waals surface area contributed by atoms with E-state index in [-0.39, 0.29) is 30.0 Å². The van der Waals surface area contributed by atoms with Gasteiger partial charge in [0, 0.05) is 51.8 Å². The molecule has 0 aliphatic carbocycles. The summed E-state index contributed by atoms with van der Waals surface area (Å²) >= 11 is 0. The van der Waals surface area contributed by atoms with Gasteiger partial charge < -0.3 is 24.2 Å². The molecule has 0 radical (unpaired) electrons. The number of hydrogen-bond donors (Lipinski definition) is 2. The van der Waals surface area contributed by atoms with Crippen molar-refractivity contribution in [3.05, 3.63) is 62.7 Å². The van der Waals surface area contributed by atoms with Crippen LogP contribution in [0.1, 0.15) is 116 Å². The Morgan fingerprint density at radius 2 is 1.20 bits per heavy atom. The Labute approximate surface area is 265 Å². The van der Waals surface area contributed by atoms with Gasteiger partial charge in [-0.1, -0.05) is 41.5 Å². The molecule has 5 heterocycles. The van der Waals surface area contributed by atoms with Crippen LogP contribution >= 0.6 is 0 Å². The van der Waals surface area contributed by atoms with Crippen molar-refractivity contribution in [2.75, 3.05) is 20.3 Å². The summed E-state index contributed by atoms with van der Waals surface area (Å²) in [6.45, 7) is 18.9. The van der Waals surface area contributed by atoms with Crippen LogP contribution in [0.25, 0.3) is 22.1 Å². The molecule has 0 unspecified atom stereocenters. The minimum atomic E-state index is -0.400. The molecule has 2 aliphatic heterocycles. The van der Waals surface area contributed by atoms with Crippen molar-refractivity contribution in [3.63, 3.8) is 0 Å². The van der Waals surface area contributed by atoms with Crippen molar-refractivity contribution < 1.29 is 23.8 Å². The van der Waals surface area contributed by atoms with E-state index < -0.39 is 5.97 Å². The zero-order valence-corrected chi connectivity index (χ0v) is 28.3. The molecule has 0 aromatic carbocycles. The van der Waals surface area contributed by atoms with Gasteiger partial charge in [-0.3, -0.25) is 9.97 Å². The largest absolute Gasteiger partial charge is 0.493 e. The maximum atomic E-state index is 13.5. The molecule has 0 amide bonds. The van der Waals surface area contributed by atoms with Crippen LogP contribution in [-0.4, -0.2) is 52.2 Å². The molecule has 0 saturated heterocycles. The fourth-order valence-electron chi connectivity index (χ4n) is 6.68. The number of methoxy groups -OCH3 is 1. The summed E-state index contributed by atoms with van der Waals surface area (Å²) in [7, 11) is 1.61. The smallest absolute Gasteiger partial charge is 0.340 e. The lowest BCUT2D eigenvalue weighted by Gasteiger charge is -2.16. The van der Waals surface area contributed by atoms with Crippen LogP contribution in [0.2, 0.25) is 0 Å². The summed E-state index contributed by atoms with van der Waals surface area (Å²) in [6.07, 6.45) is 2.49. The van der Waals surface area contributed by atoms with Gasteiger partial charge in [-0.25, -0.2) is 9.59 Å². The lowest BCUT2D eigenvalue weighted by molar-refractivity contribution is 0.0518. The number of esters is 2. The van der Waals surface area contributed by atoms with Gasteiger partial charge in [0.15, 0.2) is 5.75 Å². The summed E-state index contributed by atoms with van der Waals surface area (Å²) in [5.41, 5.74) is 9.24. The third-order valence-corrected chi connectivity index (χ3v) is 9.12. The number of carbonyl (C=O) groups excluding carboxylic acids is 2. The Hall–Kier alpha value is -4.14. The fourth-order valence-corrected chi connectivity index (χ4v) is 6.68. The molecule has 0 saturated carbocycles. The third kappa shape index (κ3) is 5.51. The number of nitrogens with zero attached hydrogens (tertiary/aromatic N) is 2. The maximum Gasteiger partial charge on any atom is 0.340 e. The monoisotopic (exact) mass is 614 g/mol. The molecule has 45 heavy (non-hydrogen) atoms. The van der Waals surface area contributed by atoms with Gasteiger partial charge >= 0.3 is 11.9 Å². The van der Waals surface area contributed by atoms with Crippen molar-refractivity contribution in [3.8, 4) is 5.75 Å². The summed E-state index contributed by atoms with van der Waals surface area (Å²) < 4.78 is 17.2. The Kier molecular flexibility index (Phi) is 8.59. The van der Waals surface area contributed by atoms with E-state index in [4.69, 9.17) is 24.2 Å². The normalized spacial score (nSPS) is 15.2. The van der Waals surface area contributed by atoms with Crippen molar-refractivity contribution in [2.45, 2.75) is 98.8 Å². The number of rotatable bonds is 7. The number of hydrogen-bond acceptors (Lipinski definition) is 7. The highest BCUT2D eigenvalue weighted by Gasteiger charge is 2.34. The van der Waals surface area contributed by atoms with E-state index in [9.17, 15) is 9.59 Å². The Balaban J connectivity index is 2.06.